The number of hydrogen-bond acceptors (Lipinski definition) is 7. The summed E-state index contributed by atoms with van der Waals surface area (Å²) >= 11 is 4.92. The maximum atomic E-state index is 11.6. The van der Waals surface area contributed by atoms with Crippen LogP contribution >= 0.6 is 27.3 Å². The second kappa shape index (κ2) is 8.62. The van der Waals surface area contributed by atoms with Crippen LogP contribution in [0.5, 0.6) is 5.75 Å². The van der Waals surface area contributed by atoms with Crippen LogP contribution in [0, 0.1) is 5.92 Å². The van der Waals surface area contributed by atoms with E-state index in [9.17, 15) is 4.79 Å². The van der Waals surface area contributed by atoms with Gasteiger partial charge in [-0.05, 0) is 65.9 Å². The lowest BCUT2D eigenvalue weighted by molar-refractivity contribution is 0.0526. The van der Waals surface area contributed by atoms with Gasteiger partial charge in [-0.2, -0.15) is 0 Å². The van der Waals surface area contributed by atoms with Gasteiger partial charge < -0.3 is 14.4 Å². The third kappa shape index (κ3) is 4.92. The molecule has 1 unspecified atom stereocenters. The minimum atomic E-state index is -0.302. The zero-order valence-electron chi connectivity index (χ0n) is 14.0. The standard InChI is InChI=1S/C17H20BrN3O3S/c1-2-23-15(22)13-3-5-14(6-4-13)24-10-8-12-7-9-21(11-12)17-20-19-16(18)25-17/h3-6,12H,2,7-11H2,1H3. The van der Waals surface area contributed by atoms with Crippen LogP contribution in [0.25, 0.3) is 0 Å². The zero-order chi connectivity index (χ0) is 17.6. The van der Waals surface area contributed by atoms with Crippen molar-refractivity contribution in [2.75, 3.05) is 31.2 Å². The number of benzene rings is 1. The molecule has 0 N–H and O–H groups in total. The Kier molecular flexibility index (Phi) is 6.25. The number of carbonyl (C=O) groups is 1. The van der Waals surface area contributed by atoms with Gasteiger partial charge in [0.15, 0.2) is 3.92 Å². The number of rotatable bonds is 7. The summed E-state index contributed by atoms with van der Waals surface area (Å²) in [5, 5.41) is 9.16. The number of aromatic nitrogens is 2. The lowest BCUT2D eigenvalue weighted by atomic mass is 10.1. The topological polar surface area (TPSA) is 64.6 Å². The third-order valence-corrected chi connectivity index (χ3v) is 5.52. The second-order valence-corrected chi connectivity index (χ2v) is 8.05. The maximum Gasteiger partial charge on any atom is 0.338 e. The van der Waals surface area contributed by atoms with E-state index >= 15 is 0 Å². The van der Waals surface area contributed by atoms with Gasteiger partial charge in [0.2, 0.25) is 5.13 Å². The average Bonchev–Trinajstić information content (AvgIpc) is 3.25. The lowest BCUT2D eigenvalue weighted by Gasteiger charge is -2.14. The fraction of sp³-hybridized carbons (Fsp3) is 0.471. The van der Waals surface area contributed by atoms with Crippen molar-refractivity contribution in [2.24, 2.45) is 5.92 Å². The number of anilines is 1. The molecule has 1 aliphatic rings. The van der Waals surface area contributed by atoms with Crippen molar-refractivity contribution in [3.05, 3.63) is 33.7 Å². The van der Waals surface area contributed by atoms with E-state index in [2.05, 4.69) is 31.0 Å². The number of nitrogens with zero attached hydrogens (tertiary/aromatic N) is 3. The van der Waals surface area contributed by atoms with Gasteiger partial charge in [-0.3, -0.25) is 0 Å². The quantitative estimate of drug-likeness (QED) is 0.628. The highest BCUT2D eigenvalue weighted by atomic mass is 79.9. The van der Waals surface area contributed by atoms with E-state index < -0.39 is 0 Å². The molecule has 0 amide bonds. The van der Waals surface area contributed by atoms with E-state index in [1.165, 1.54) is 0 Å². The van der Waals surface area contributed by atoms with E-state index in [-0.39, 0.29) is 5.97 Å². The van der Waals surface area contributed by atoms with Crippen molar-refractivity contribution in [3.63, 3.8) is 0 Å². The van der Waals surface area contributed by atoms with Gasteiger partial charge in [0, 0.05) is 13.1 Å². The highest BCUT2D eigenvalue weighted by molar-refractivity contribution is 9.11. The molecular weight excluding hydrogens is 406 g/mol. The third-order valence-electron chi connectivity index (χ3n) is 4.11. The Morgan fingerprint density at radius 3 is 2.84 bits per heavy atom. The number of hydrogen-bond donors (Lipinski definition) is 0. The first-order valence-corrected chi connectivity index (χ1v) is 9.90. The molecule has 1 fully saturated rings. The zero-order valence-corrected chi connectivity index (χ0v) is 16.4. The Bertz CT molecular complexity index is 707. The molecule has 2 heterocycles. The molecular formula is C17H20BrN3O3S. The fourth-order valence-corrected chi connectivity index (χ4v) is 3.94. The molecule has 1 atom stereocenters. The van der Waals surface area contributed by atoms with Gasteiger partial charge >= 0.3 is 5.97 Å². The van der Waals surface area contributed by atoms with Crippen LogP contribution in [0.4, 0.5) is 5.13 Å². The van der Waals surface area contributed by atoms with Crippen LogP contribution in [0.15, 0.2) is 28.2 Å². The van der Waals surface area contributed by atoms with Crippen LogP contribution in [0.1, 0.15) is 30.1 Å². The molecule has 2 aromatic rings. The van der Waals surface area contributed by atoms with Gasteiger partial charge in [-0.15, -0.1) is 10.2 Å². The summed E-state index contributed by atoms with van der Waals surface area (Å²) in [6, 6.07) is 7.09. The Morgan fingerprint density at radius 1 is 1.36 bits per heavy atom. The van der Waals surface area contributed by atoms with Crippen LogP contribution in [-0.2, 0) is 4.74 Å². The molecule has 25 heavy (non-hydrogen) atoms. The van der Waals surface area contributed by atoms with Gasteiger partial charge in [0.1, 0.15) is 5.75 Å². The van der Waals surface area contributed by atoms with Crippen molar-refractivity contribution in [2.45, 2.75) is 19.8 Å². The summed E-state index contributed by atoms with van der Waals surface area (Å²) in [6.07, 6.45) is 2.14. The van der Waals surface area contributed by atoms with Gasteiger partial charge in [-0.1, -0.05) is 11.3 Å². The average molecular weight is 426 g/mol. The smallest absolute Gasteiger partial charge is 0.338 e. The van der Waals surface area contributed by atoms with E-state index in [1.54, 1.807) is 30.4 Å². The first-order chi connectivity index (χ1) is 12.2. The monoisotopic (exact) mass is 425 g/mol. The molecule has 0 spiro atoms. The first-order valence-electron chi connectivity index (χ1n) is 8.29. The Hall–Kier alpha value is -1.67. The lowest BCUT2D eigenvalue weighted by Crippen LogP contribution is -2.20. The first kappa shape index (κ1) is 18.1. The van der Waals surface area contributed by atoms with Crippen molar-refractivity contribution in [1.29, 1.82) is 0 Å². The highest BCUT2D eigenvalue weighted by Gasteiger charge is 2.24. The molecule has 0 saturated carbocycles. The van der Waals surface area contributed by atoms with Gasteiger partial charge in [0.25, 0.3) is 0 Å². The number of esters is 1. The molecule has 1 aromatic heterocycles. The largest absolute Gasteiger partial charge is 0.494 e. The Balaban J connectivity index is 1.42. The van der Waals surface area contributed by atoms with Crippen LogP contribution in [-0.4, -0.2) is 42.5 Å². The van der Waals surface area contributed by atoms with Crippen molar-refractivity contribution < 1.29 is 14.3 Å². The summed E-state index contributed by atoms with van der Waals surface area (Å²) in [7, 11) is 0. The predicted octanol–water partition coefficient (Wildman–Crippen LogP) is 3.77. The normalized spacial score (nSPS) is 16.9. The number of ether oxygens (including phenoxy) is 2. The maximum absolute atomic E-state index is 11.6. The summed E-state index contributed by atoms with van der Waals surface area (Å²) in [5.74, 6) is 1.07. The van der Waals surface area contributed by atoms with Crippen LogP contribution < -0.4 is 9.64 Å². The Labute approximate surface area is 159 Å². The van der Waals surface area contributed by atoms with Gasteiger partial charge in [-0.25, -0.2) is 4.79 Å². The molecule has 1 saturated heterocycles. The molecule has 0 radical (unpaired) electrons. The second-order valence-electron chi connectivity index (χ2n) is 5.82. The minimum absolute atomic E-state index is 0.302. The summed E-state index contributed by atoms with van der Waals surface area (Å²) in [6.45, 7) is 4.84. The van der Waals surface area contributed by atoms with Crippen LogP contribution in [0.3, 0.4) is 0 Å². The molecule has 6 nitrogen and oxygen atoms in total. The molecule has 1 aliphatic heterocycles. The van der Waals surface area contributed by atoms with E-state index in [0.717, 1.165) is 40.7 Å². The summed E-state index contributed by atoms with van der Waals surface area (Å²) in [4.78, 5) is 13.9. The van der Waals surface area contributed by atoms with Gasteiger partial charge in [0.05, 0.1) is 18.8 Å². The Morgan fingerprint density at radius 2 is 2.16 bits per heavy atom. The number of halogens is 1. The molecule has 0 bridgehead atoms. The van der Waals surface area contributed by atoms with E-state index in [1.807, 2.05) is 12.1 Å². The minimum Gasteiger partial charge on any atom is -0.494 e. The van der Waals surface area contributed by atoms with Crippen molar-refractivity contribution in [3.8, 4) is 5.75 Å². The van der Waals surface area contributed by atoms with Crippen molar-refractivity contribution >= 4 is 38.4 Å². The predicted molar refractivity (Wildman–Crippen MR) is 100 cm³/mol. The molecule has 0 aliphatic carbocycles. The van der Waals surface area contributed by atoms with Crippen molar-refractivity contribution in [1.82, 2.24) is 10.2 Å². The molecule has 8 heteroatoms. The molecule has 3 rings (SSSR count). The number of carbonyl (C=O) groups excluding carboxylic acids is 1. The molecule has 134 valence electrons. The SMILES string of the molecule is CCOC(=O)c1ccc(OCCC2CCN(c3nnc(Br)s3)C2)cc1. The highest BCUT2D eigenvalue weighted by Crippen LogP contribution is 2.30. The summed E-state index contributed by atoms with van der Waals surface area (Å²) in [5.41, 5.74) is 0.545. The van der Waals surface area contributed by atoms with Crippen LogP contribution in [0.2, 0.25) is 0 Å². The van der Waals surface area contributed by atoms with E-state index in [0.29, 0.717) is 24.7 Å². The molecule has 1 aromatic carbocycles. The summed E-state index contributed by atoms with van der Waals surface area (Å²) < 4.78 is 11.6. The fourth-order valence-electron chi connectivity index (χ4n) is 2.81. The van der Waals surface area contributed by atoms with E-state index in [4.69, 9.17) is 9.47 Å².